The van der Waals surface area contributed by atoms with Crippen LogP contribution in [0.2, 0.25) is 0 Å². The molecule has 0 atom stereocenters. The number of thioether (sulfide) groups is 1. The molecule has 0 radical (unpaired) electrons. The Morgan fingerprint density at radius 2 is 2.06 bits per heavy atom. The quantitative estimate of drug-likeness (QED) is 0.660. The predicted octanol–water partition coefficient (Wildman–Crippen LogP) is 2.56. The van der Waals surface area contributed by atoms with Gasteiger partial charge in [-0.25, -0.2) is 4.39 Å². The van der Waals surface area contributed by atoms with Gasteiger partial charge in [0, 0.05) is 17.0 Å². The van der Waals surface area contributed by atoms with E-state index in [-0.39, 0.29) is 17.4 Å². The van der Waals surface area contributed by atoms with Crippen molar-refractivity contribution in [2.75, 3.05) is 12.3 Å². The molecule has 0 heterocycles. The average molecular weight is 269 g/mol. The second-order valence-electron chi connectivity index (χ2n) is 3.90. The lowest BCUT2D eigenvalue weighted by Gasteiger charge is -2.09. The lowest BCUT2D eigenvalue weighted by Crippen LogP contribution is -2.24. The van der Waals surface area contributed by atoms with Crippen LogP contribution in [-0.2, 0) is 4.79 Å². The Balaban J connectivity index is 2.90. The zero-order valence-corrected chi connectivity index (χ0v) is 11.5. The topological polar surface area (TPSA) is 46.2 Å². The van der Waals surface area contributed by atoms with Gasteiger partial charge in [0.15, 0.2) is 5.78 Å². The van der Waals surface area contributed by atoms with Crippen molar-refractivity contribution < 1.29 is 14.0 Å². The summed E-state index contributed by atoms with van der Waals surface area (Å²) in [5.41, 5.74) is 0.797. The third-order valence-corrected chi connectivity index (χ3v) is 3.43. The number of aryl methyl sites for hydroxylation is 1. The largest absolute Gasteiger partial charge is 0.356 e. The molecule has 18 heavy (non-hydrogen) atoms. The highest BCUT2D eigenvalue weighted by atomic mass is 32.2. The van der Waals surface area contributed by atoms with Crippen molar-refractivity contribution in [1.29, 1.82) is 0 Å². The van der Waals surface area contributed by atoms with Gasteiger partial charge in [0.05, 0.1) is 5.75 Å². The number of Topliss-reactive ketones (excluding diaryl/α,β-unsaturated/α-hetero) is 1. The van der Waals surface area contributed by atoms with Crippen molar-refractivity contribution in [2.45, 2.75) is 25.7 Å². The van der Waals surface area contributed by atoms with Gasteiger partial charge in [0.25, 0.3) is 0 Å². The lowest BCUT2D eigenvalue weighted by molar-refractivity contribution is -0.118. The highest BCUT2D eigenvalue weighted by Gasteiger charge is 2.13. The molecule has 0 aliphatic carbocycles. The molecule has 0 aliphatic heterocycles. The van der Waals surface area contributed by atoms with Gasteiger partial charge in [-0.3, -0.25) is 9.59 Å². The first-order chi connectivity index (χ1) is 8.45. The van der Waals surface area contributed by atoms with Crippen molar-refractivity contribution in [1.82, 2.24) is 5.32 Å². The molecule has 0 aromatic heterocycles. The highest BCUT2D eigenvalue weighted by Crippen LogP contribution is 2.26. The molecule has 0 bridgehead atoms. The minimum Gasteiger partial charge on any atom is -0.356 e. The van der Waals surface area contributed by atoms with E-state index >= 15 is 0 Å². The zero-order chi connectivity index (χ0) is 13.7. The van der Waals surface area contributed by atoms with Crippen molar-refractivity contribution in [3.05, 3.63) is 29.1 Å². The highest BCUT2D eigenvalue weighted by molar-refractivity contribution is 8.00. The smallest absolute Gasteiger partial charge is 0.230 e. The number of amides is 1. The van der Waals surface area contributed by atoms with E-state index in [0.717, 1.165) is 0 Å². The number of carbonyl (C=O) groups is 2. The molecule has 1 rings (SSSR count). The van der Waals surface area contributed by atoms with E-state index in [1.807, 2.05) is 6.92 Å². The summed E-state index contributed by atoms with van der Waals surface area (Å²) in [6.07, 6.45) is 0. The Hall–Kier alpha value is -1.36. The number of rotatable bonds is 5. The molecule has 1 amide bonds. The minimum absolute atomic E-state index is 0.0982. The fourth-order valence-electron chi connectivity index (χ4n) is 1.44. The number of carbonyl (C=O) groups excluding carboxylic acids is 2. The van der Waals surface area contributed by atoms with E-state index in [4.69, 9.17) is 0 Å². The maximum Gasteiger partial charge on any atom is 0.230 e. The molecule has 98 valence electrons. The predicted molar refractivity (Wildman–Crippen MR) is 70.5 cm³/mol. The fraction of sp³-hybridized carbons (Fsp3) is 0.385. The maximum absolute atomic E-state index is 13.4. The van der Waals surface area contributed by atoms with Crippen LogP contribution in [0.25, 0.3) is 0 Å². The van der Waals surface area contributed by atoms with Crippen molar-refractivity contribution in [2.24, 2.45) is 0 Å². The summed E-state index contributed by atoms with van der Waals surface area (Å²) in [5.74, 6) is -0.479. The number of halogens is 1. The zero-order valence-electron chi connectivity index (χ0n) is 10.7. The summed E-state index contributed by atoms with van der Waals surface area (Å²) in [6.45, 7) is 5.43. The number of benzene rings is 1. The molecule has 1 aromatic rings. The van der Waals surface area contributed by atoms with Gasteiger partial charge >= 0.3 is 0 Å². The van der Waals surface area contributed by atoms with Crippen LogP contribution in [0.15, 0.2) is 17.0 Å². The van der Waals surface area contributed by atoms with E-state index in [1.54, 1.807) is 13.0 Å². The van der Waals surface area contributed by atoms with Crippen LogP contribution in [0.4, 0.5) is 4.39 Å². The van der Waals surface area contributed by atoms with E-state index in [2.05, 4.69) is 5.32 Å². The summed E-state index contributed by atoms with van der Waals surface area (Å²) in [4.78, 5) is 23.4. The first kappa shape index (κ1) is 14.7. The molecule has 0 saturated carbocycles. The second-order valence-corrected chi connectivity index (χ2v) is 4.91. The van der Waals surface area contributed by atoms with Gasteiger partial charge in [-0.05, 0) is 38.5 Å². The molecular weight excluding hydrogens is 253 g/mol. The van der Waals surface area contributed by atoms with E-state index in [1.165, 1.54) is 24.8 Å². The van der Waals surface area contributed by atoms with Gasteiger partial charge in [-0.1, -0.05) is 0 Å². The van der Waals surface area contributed by atoms with Crippen LogP contribution in [0, 0.1) is 12.7 Å². The van der Waals surface area contributed by atoms with Crippen LogP contribution in [0.1, 0.15) is 29.8 Å². The van der Waals surface area contributed by atoms with E-state index in [9.17, 15) is 14.0 Å². The van der Waals surface area contributed by atoms with E-state index < -0.39 is 5.82 Å². The SMILES string of the molecule is CCNC(=O)CSc1cc(C)c(F)cc1C(C)=O. The van der Waals surface area contributed by atoms with Gasteiger partial charge in [-0.15, -0.1) is 11.8 Å². The van der Waals surface area contributed by atoms with Gasteiger partial charge in [0.2, 0.25) is 5.91 Å². The Kier molecular flexibility index (Phi) is 5.34. The Morgan fingerprint density at radius 3 is 2.61 bits per heavy atom. The number of ketones is 1. The first-order valence-corrected chi connectivity index (χ1v) is 6.64. The Labute approximate surface area is 110 Å². The van der Waals surface area contributed by atoms with Crippen LogP contribution in [0.3, 0.4) is 0 Å². The Bertz CT molecular complexity index is 474. The maximum atomic E-state index is 13.4. The summed E-state index contributed by atoms with van der Waals surface area (Å²) in [7, 11) is 0. The summed E-state index contributed by atoms with van der Waals surface area (Å²) >= 11 is 1.25. The molecule has 1 N–H and O–H groups in total. The van der Waals surface area contributed by atoms with Gasteiger partial charge < -0.3 is 5.32 Å². The lowest BCUT2D eigenvalue weighted by atomic mass is 10.1. The molecular formula is C13H16FNO2S. The molecule has 0 saturated heterocycles. The van der Waals surface area contributed by atoms with Crippen LogP contribution in [-0.4, -0.2) is 24.0 Å². The number of nitrogens with one attached hydrogen (secondary N) is 1. The van der Waals surface area contributed by atoms with E-state index in [0.29, 0.717) is 22.6 Å². The summed E-state index contributed by atoms with van der Waals surface area (Å²) < 4.78 is 13.4. The van der Waals surface area contributed by atoms with Gasteiger partial charge in [-0.2, -0.15) is 0 Å². The third-order valence-electron chi connectivity index (χ3n) is 2.37. The molecule has 1 aromatic carbocycles. The van der Waals surface area contributed by atoms with Crippen LogP contribution in [0.5, 0.6) is 0 Å². The molecule has 0 fully saturated rings. The van der Waals surface area contributed by atoms with Gasteiger partial charge in [0.1, 0.15) is 5.82 Å². The standard InChI is InChI=1S/C13H16FNO2S/c1-4-15-13(17)7-18-12-5-8(2)11(14)6-10(12)9(3)16/h5-6H,4,7H2,1-3H3,(H,15,17). The summed E-state index contributed by atoms with van der Waals surface area (Å²) in [6, 6.07) is 2.84. The van der Waals surface area contributed by atoms with Crippen molar-refractivity contribution in [3.63, 3.8) is 0 Å². The molecule has 0 spiro atoms. The second kappa shape index (κ2) is 6.54. The first-order valence-electron chi connectivity index (χ1n) is 5.66. The average Bonchev–Trinajstić information content (AvgIpc) is 2.30. The third kappa shape index (κ3) is 3.84. The molecule has 3 nitrogen and oxygen atoms in total. The van der Waals surface area contributed by atoms with Crippen molar-refractivity contribution >= 4 is 23.5 Å². The molecule has 0 aliphatic rings. The van der Waals surface area contributed by atoms with Crippen LogP contribution < -0.4 is 5.32 Å². The Morgan fingerprint density at radius 1 is 1.39 bits per heavy atom. The monoisotopic (exact) mass is 269 g/mol. The normalized spacial score (nSPS) is 10.2. The number of hydrogen-bond donors (Lipinski definition) is 1. The molecule has 5 heteroatoms. The number of hydrogen-bond acceptors (Lipinski definition) is 3. The summed E-state index contributed by atoms with van der Waals surface area (Å²) in [5, 5.41) is 2.67. The van der Waals surface area contributed by atoms with Crippen LogP contribution >= 0.6 is 11.8 Å². The fourth-order valence-corrected chi connectivity index (χ4v) is 2.45. The minimum atomic E-state index is -0.400. The van der Waals surface area contributed by atoms with Crippen molar-refractivity contribution in [3.8, 4) is 0 Å². The molecule has 0 unspecified atom stereocenters.